The molecule has 1 atom stereocenters. The maximum Gasteiger partial charge on any atom is 0.231 e. The van der Waals surface area contributed by atoms with Gasteiger partial charge in [-0.25, -0.2) is 9.67 Å². The number of carbonyl (C=O) groups excluding carboxylic acids is 1. The maximum absolute atomic E-state index is 12.7. The zero-order valence-electron chi connectivity index (χ0n) is 17.2. The van der Waals surface area contributed by atoms with E-state index in [-0.39, 0.29) is 18.4 Å². The van der Waals surface area contributed by atoms with Crippen LogP contribution < -0.4 is 5.32 Å². The maximum atomic E-state index is 12.7. The fourth-order valence-corrected chi connectivity index (χ4v) is 5.11. The minimum absolute atomic E-state index is 0.0672. The largest absolute Gasteiger partial charge is 0.311 e. The quantitative estimate of drug-likeness (QED) is 0.468. The molecule has 2 heterocycles. The minimum Gasteiger partial charge on any atom is -0.311 e. The molecule has 2 aromatic carbocycles. The summed E-state index contributed by atoms with van der Waals surface area (Å²) in [5.41, 5.74) is 4.71. The molecule has 2 aromatic heterocycles. The summed E-state index contributed by atoms with van der Waals surface area (Å²) in [5, 5.41) is 10.6. The second kappa shape index (κ2) is 8.86. The molecule has 5 rings (SSSR count). The van der Waals surface area contributed by atoms with Crippen molar-refractivity contribution in [2.75, 3.05) is 5.32 Å². The van der Waals surface area contributed by atoms with Gasteiger partial charge in [-0.2, -0.15) is 5.10 Å². The van der Waals surface area contributed by atoms with E-state index in [4.69, 9.17) is 0 Å². The van der Waals surface area contributed by atoms with Gasteiger partial charge in [-0.1, -0.05) is 54.6 Å². The van der Waals surface area contributed by atoms with E-state index in [1.165, 1.54) is 16.7 Å². The third-order valence-electron chi connectivity index (χ3n) is 5.71. The van der Waals surface area contributed by atoms with Gasteiger partial charge in [0.2, 0.25) is 5.91 Å². The van der Waals surface area contributed by atoms with Gasteiger partial charge in [-0.3, -0.25) is 4.79 Å². The van der Waals surface area contributed by atoms with E-state index in [0.717, 1.165) is 42.2 Å². The molecule has 1 aliphatic rings. The van der Waals surface area contributed by atoms with Crippen molar-refractivity contribution in [1.82, 2.24) is 14.8 Å². The van der Waals surface area contributed by atoms with E-state index >= 15 is 0 Å². The van der Waals surface area contributed by atoms with Crippen molar-refractivity contribution in [1.29, 1.82) is 0 Å². The molecule has 0 saturated heterocycles. The summed E-state index contributed by atoms with van der Waals surface area (Å²) < 4.78 is 1.96. The summed E-state index contributed by atoms with van der Waals surface area (Å²) in [6, 6.07) is 20.8. The van der Waals surface area contributed by atoms with Gasteiger partial charge in [0, 0.05) is 17.9 Å². The Bertz CT molecular complexity index is 1180. The van der Waals surface area contributed by atoms with Crippen molar-refractivity contribution in [2.45, 2.75) is 38.1 Å². The van der Waals surface area contributed by atoms with Crippen LogP contribution in [0.5, 0.6) is 0 Å². The van der Waals surface area contributed by atoms with Crippen LogP contribution in [0.15, 0.2) is 72.2 Å². The molecule has 4 aromatic rings. The lowest BCUT2D eigenvalue weighted by Crippen LogP contribution is -2.23. The monoisotopic (exact) mass is 428 g/mol. The number of hydrogen-bond acceptors (Lipinski definition) is 4. The molecule has 5 nitrogen and oxygen atoms in total. The van der Waals surface area contributed by atoms with Crippen LogP contribution in [-0.4, -0.2) is 20.7 Å². The highest BCUT2D eigenvalue weighted by atomic mass is 32.1. The van der Waals surface area contributed by atoms with Gasteiger partial charge in [-0.05, 0) is 36.0 Å². The molecule has 1 aliphatic carbocycles. The number of thiazole rings is 1. The van der Waals surface area contributed by atoms with Crippen LogP contribution in [0.25, 0.3) is 0 Å². The van der Waals surface area contributed by atoms with Gasteiger partial charge in [0.15, 0.2) is 0 Å². The SMILES string of the molecule is O=C(Cc1csc(Cc2ccccc2)n1)Nc1ccnn1C1CCCc2ccccc21. The number of aryl methyl sites for hydroxylation is 1. The Labute approximate surface area is 185 Å². The molecule has 1 N–H and O–H groups in total. The molecule has 1 unspecified atom stereocenters. The van der Waals surface area contributed by atoms with E-state index in [1.807, 2.05) is 34.3 Å². The van der Waals surface area contributed by atoms with Crippen LogP contribution in [0.2, 0.25) is 0 Å². The molecule has 0 bridgehead atoms. The van der Waals surface area contributed by atoms with Crippen LogP contribution >= 0.6 is 11.3 Å². The summed E-state index contributed by atoms with van der Waals surface area (Å²) in [4.78, 5) is 17.4. The number of hydrogen-bond donors (Lipinski definition) is 1. The zero-order valence-corrected chi connectivity index (χ0v) is 18.0. The van der Waals surface area contributed by atoms with Crippen molar-refractivity contribution in [3.05, 3.63) is 99.6 Å². The molecular weight excluding hydrogens is 404 g/mol. The highest BCUT2D eigenvalue weighted by Gasteiger charge is 2.24. The second-order valence-electron chi connectivity index (χ2n) is 7.89. The van der Waals surface area contributed by atoms with Crippen LogP contribution in [0.1, 0.15) is 46.3 Å². The predicted octanol–water partition coefficient (Wildman–Crippen LogP) is 5.04. The third kappa shape index (κ3) is 4.44. The number of rotatable bonds is 6. The van der Waals surface area contributed by atoms with Gasteiger partial charge in [0.25, 0.3) is 0 Å². The summed E-state index contributed by atoms with van der Waals surface area (Å²) in [6.45, 7) is 0. The summed E-state index contributed by atoms with van der Waals surface area (Å²) in [7, 11) is 0. The van der Waals surface area contributed by atoms with Crippen molar-refractivity contribution in [3.63, 3.8) is 0 Å². The smallest absolute Gasteiger partial charge is 0.231 e. The van der Waals surface area contributed by atoms with Crippen LogP contribution in [0, 0.1) is 0 Å². The van der Waals surface area contributed by atoms with Gasteiger partial charge in [-0.15, -0.1) is 11.3 Å². The van der Waals surface area contributed by atoms with Crippen LogP contribution in [0.4, 0.5) is 5.82 Å². The molecule has 31 heavy (non-hydrogen) atoms. The summed E-state index contributed by atoms with van der Waals surface area (Å²) in [5.74, 6) is 0.675. The molecule has 0 spiro atoms. The normalized spacial score (nSPS) is 15.4. The number of benzene rings is 2. The predicted molar refractivity (Wildman–Crippen MR) is 123 cm³/mol. The number of anilines is 1. The van der Waals surface area contributed by atoms with Crippen LogP contribution in [-0.2, 0) is 24.1 Å². The van der Waals surface area contributed by atoms with Crippen molar-refractivity contribution >= 4 is 23.1 Å². The highest BCUT2D eigenvalue weighted by Crippen LogP contribution is 2.34. The lowest BCUT2D eigenvalue weighted by atomic mass is 9.88. The number of amides is 1. The second-order valence-corrected chi connectivity index (χ2v) is 8.83. The number of aromatic nitrogens is 3. The molecule has 1 amide bonds. The first-order valence-corrected chi connectivity index (χ1v) is 11.5. The molecule has 0 saturated carbocycles. The fraction of sp³-hybridized carbons (Fsp3) is 0.240. The molecule has 6 heteroatoms. The first kappa shape index (κ1) is 19.7. The van der Waals surface area contributed by atoms with E-state index in [2.05, 4.69) is 51.8 Å². The number of nitrogens with one attached hydrogen (secondary N) is 1. The summed E-state index contributed by atoms with van der Waals surface area (Å²) >= 11 is 1.60. The molecule has 0 aliphatic heterocycles. The van der Waals surface area contributed by atoms with Gasteiger partial charge in [0.1, 0.15) is 5.82 Å². The topological polar surface area (TPSA) is 59.8 Å². The molecule has 156 valence electrons. The van der Waals surface area contributed by atoms with E-state index in [9.17, 15) is 4.79 Å². The Morgan fingerprint density at radius 2 is 1.94 bits per heavy atom. The zero-order chi connectivity index (χ0) is 21.0. The average Bonchev–Trinajstić information content (AvgIpc) is 3.43. The standard InChI is InChI=1S/C25H24N4OS/c30-24(16-20-17-31-25(27-20)15-18-7-2-1-3-8-18)28-23-13-14-26-29(23)22-12-6-10-19-9-4-5-11-21(19)22/h1-5,7-9,11,13-14,17,22H,6,10,12,15-16H2,(H,28,30). The van der Waals surface area contributed by atoms with Gasteiger partial charge < -0.3 is 5.32 Å². The van der Waals surface area contributed by atoms with Crippen molar-refractivity contribution in [3.8, 4) is 0 Å². The Morgan fingerprint density at radius 3 is 2.84 bits per heavy atom. The Balaban J connectivity index is 1.26. The first-order valence-electron chi connectivity index (χ1n) is 10.6. The first-order chi connectivity index (χ1) is 15.3. The van der Waals surface area contributed by atoms with Crippen LogP contribution in [0.3, 0.4) is 0 Å². The molecule has 0 radical (unpaired) electrons. The highest BCUT2D eigenvalue weighted by molar-refractivity contribution is 7.09. The average molecular weight is 429 g/mol. The fourth-order valence-electron chi connectivity index (χ4n) is 4.28. The van der Waals surface area contributed by atoms with E-state index in [1.54, 1.807) is 17.5 Å². The minimum atomic E-state index is -0.0672. The van der Waals surface area contributed by atoms with E-state index < -0.39 is 0 Å². The summed E-state index contributed by atoms with van der Waals surface area (Å²) in [6.07, 6.45) is 6.06. The number of fused-ring (bicyclic) bond motifs is 1. The molecular formula is C25H24N4OS. The van der Waals surface area contributed by atoms with Crippen molar-refractivity contribution < 1.29 is 4.79 Å². The Kier molecular flexibility index (Phi) is 5.63. The third-order valence-corrected chi connectivity index (χ3v) is 6.61. The Morgan fingerprint density at radius 1 is 1.10 bits per heavy atom. The van der Waals surface area contributed by atoms with Gasteiger partial charge >= 0.3 is 0 Å². The lowest BCUT2D eigenvalue weighted by Gasteiger charge is -2.27. The molecule has 0 fully saturated rings. The Hall–Kier alpha value is -3.25. The van der Waals surface area contributed by atoms with Crippen molar-refractivity contribution in [2.24, 2.45) is 0 Å². The van der Waals surface area contributed by atoms with Gasteiger partial charge in [0.05, 0.1) is 29.4 Å². The van der Waals surface area contributed by atoms with E-state index in [0.29, 0.717) is 0 Å². The number of nitrogens with zero attached hydrogens (tertiary/aromatic N) is 3. The lowest BCUT2D eigenvalue weighted by molar-refractivity contribution is -0.115. The number of carbonyl (C=O) groups is 1.